The van der Waals surface area contributed by atoms with Gasteiger partial charge in [0.25, 0.3) is 0 Å². The summed E-state index contributed by atoms with van der Waals surface area (Å²) in [4.78, 5) is 11.5. The van der Waals surface area contributed by atoms with Crippen LogP contribution in [0.1, 0.15) is 36.8 Å². The molecule has 0 radical (unpaired) electrons. The van der Waals surface area contributed by atoms with Crippen molar-refractivity contribution < 1.29 is 0 Å². The van der Waals surface area contributed by atoms with Gasteiger partial charge in [-0.15, -0.1) is 0 Å². The second kappa shape index (κ2) is 6.18. The van der Waals surface area contributed by atoms with Gasteiger partial charge in [0.1, 0.15) is 16.6 Å². The van der Waals surface area contributed by atoms with Crippen molar-refractivity contribution in [3.8, 4) is 0 Å². The van der Waals surface area contributed by atoms with Crippen LogP contribution in [0.15, 0.2) is 30.3 Å². The summed E-state index contributed by atoms with van der Waals surface area (Å²) in [6.45, 7) is 6.16. The van der Waals surface area contributed by atoms with Gasteiger partial charge in [-0.2, -0.15) is 0 Å². The summed E-state index contributed by atoms with van der Waals surface area (Å²) in [6, 6.07) is 9.80. The number of benzene rings is 1. The lowest BCUT2D eigenvalue weighted by Gasteiger charge is -2.20. The molecule has 0 saturated heterocycles. The molecule has 1 heterocycles. The average Bonchev–Trinajstić information content (AvgIpc) is 2.45. The summed E-state index contributed by atoms with van der Waals surface area (Å²) in [7, 11) is 1.98. The summed E-state index contributed by atoms with van der Waals surface area (Å²) in [5, 5.41) is 0. The van der Waals surface area contributed by atoms with Crippen LogP contribution in [0.4, 0.5) is 11.5 Å². The number of aryl methyl sites for hydroxylation is 1. The van der Waals surface area contributed by atoms with Crippen LogP contribution in [-0.4, -0.2) is 22.0 Å². The van der Waals surface area contributed by atoms with E-state index in [-0.39, 0.29) is 0 Å². The van der Waals surface area contributed by atoms with E-state index in [4.69, 9.17) is 18.0 Å². The third kappa shape index (κ3) is 3.55. The maximum atomic E-state index is 5.70. The Morgan fingerprint density at radius 1 is 1.24 bits per heavy atom. The largest absolute Gasteiger partial charge is 0.389 e. The second-order valence-corrected chi connectivity index (χ2v) is 5.79. The summed E-state index contributed by atoms with van der Waals surface area (Å²) in [6.07, 6.45) is 0. The van der Waals surface area contributed by atoms with Crippen LogP contribution in [0.3, 0.4) is 0 Å². The Bertz CT molecular complexity index is 667. The van der Waals surface area contributed by atoms with Crippen LogP contribution in [0.5, 0.6) is 0 Å². The molecule has 0 fully saturated rings. The third-order valence-electron chi connectivity index (χ3n) is 3.24. The number of nitrogens with zero attached hydrogens (tertiary/aromatic N) is 3. The van der Waals surface area contributed by atoms with Crippen molar-refractivity contribution in [3.63, 3.8) is 0 Å². The number of rotatable bonds is 4. The molecule has 0 aliphatic heterocycles. The van der Waals surface area contributed by atoms with Crippen LogP contribution in [0.25, 0.3) is 0 Å². The molecule has 1 aromatic carbocycles. The Morgan fingerprint density at radius 3 is 2.57 bits per heavy atom. The Balaban J connectivity index is 2.42. The van der Waals surface area contributed by atoms with E-state index in [0.29, 0.717) is 10.9 Å². The molecule has 0 amide bonds. The van der Waals surface area contributed by atoms with E-state index >= 15 is 0 Å². The van der Waals surface area contributed by atoms with Crippen LogP contribution >= 0.6 is 12.2 Å². The van der Waals surface area contributed by atoms with Gasteiger partial charge in [0.2, 0.25) is 0 Å². The first-order valence-corrected chi connectivity index (χ1v) is 7.28. The van der Waals surface area contributed by atoms with Crippen LogP contribution in [-0.2, 0) is 0 Å². The Hall–Kier alpha value is -2.01. The van der Waals surface area contributed by atoms with Gasteiger partial charge in [-0.05, 0) is 19.1 Å². The second-order valence-electron chi connectivity index (χ2n) is 5.35. The first-order chi connectivity index (χ1) is 9.88. The monoisotopic (exact) mass is 300 g/mol. The van der Waals surface area contributed by atoms with E-state index < -0.39 is 0 Å². The van der Waals surface area contributed by atoms with Crippen molar-refractivity contribution in [2.45, 2.75) is 26.7 Å². The van der Waals surface area contributed by atoms with E-state index in [1.807, 2.05) is 49.2 Å². The number of hydrogen-bond donors (Lipinski definition) is 1. The van der Waals surface area contributed by atoms with E-state index in [1.54, 1.807) is 0 Å². The van der Waals surface area contributed by atoms with E-state index in [0.717, 1.165) is 28.6 Å². The van der Waals surface area contributed by atoms with Gasteiger partial charge in [-0.1, -0.05) is 38.2 Å². The summed E-state index contributed by atoms with van der Waals surface area (Å²) >= 11 is 5.03. The standard InChI is InChI=1S/C16H20N4S/c1-10(2)16-18-11(3)8-14(19-16)20(4)13-7-5-6-12(9-13)15(17)21/h5-10H,1-4H3,(H2,17,21). The normalized spacial score (nSPS) is 10.7. The van der Waals surface area contributed by atoms with E-state index in [9.17, 15) is 0 Å². The number of thiocarbonyl (C=S) groups is 1. The fourth-order valence-corrected chi connectivity index (χ4v) is 2.13. The Morgan fingerprint density at radius 2 is 1.95 bits per heavy atom. The summed E-state index contributed by atoms with van der Waals surface area (Å²) < 4.78 is 0. The highest BCUT2D eigenvalue weighted by atomic mass is 32.1. The summed E-state index contributed by atoms with van der Waals surface area (Å²) in [5.74, 6) is 2.01. The van der Waals surface area contributed by atoms with Gasteiger partial charge in [0.15, 0.2) is 0 Å². The molecule has 2 N–H and O–H groups in total. The molecule has 1 aromatic heterocycles. The number of aromatic nitrogens is 2. The average molecular weight is 300 g/mol. The topological polar surface area (TPSA) is 55.0 Å². The predicted molar refractivity (Wildman–Crippen MR) is 91.3 cm³/mol. The molecular weight excluding hydrogens is 280 g/mol. The van der Waals surface area contributed by atoms with Gasteiger partial charge < -0.3 is 10.6 Å². The zero-order valence-electron chi connectivity index (χ0n) is 12.8. The molecule has 0 saturated carbocycles. The lowest BCUT2D eigenvalue weighted by molar-refractivity contribution is 0.764. The van der Waals surface area contributed by atoms with Gasteiger partial charge in [-0.25, -0.2) is 9.97 Å². The predicted octanol–water partition coefficient (Wildman–Crippen LogP) is 3.31. The highest BCUT2D eigenvalue weighted by molar-refractivity contribution is 7.80. The number of anilines is 2. The lowest BCUT2D eigenvalue weighted by atomic mass is 10.2. The first-order valence-electron chi connectivity index (χ1n) is 6.87. The molecule has 2 rings (SSSR count). The molecule has 110 valence electrons. The molecule has 0 aliphatic carbocycles. The zero-order valence-corrected chi connectivity index (χ0v) is 13.6. The molecule has 21 heavy (non-hydrogen) atoms. The number of nitrogens with two attached hydrogens (primary N) is 1. The van der Waals surface area contributed by atoms with Crippen molar-refractivity contribution in [2.24, 2.45) is 5.73 Å². The molecule has 5 heteroatoms. The van der Waals surface area contributed by atoms with Gasteiger partial charge in [0, 0.05) is 36.0 Å². The Labute approximate surface area is 131 Å². The smallest absolute Gasteiger partial charge is 0.136 e. The van der Waals surface area contributed by atoms with Gasteiger partial charge in [-0.3, -0.25) is 0 Å². The van der Waals surface area contributed by atoms with Crippen molar-refractivity contribution >= 4 is 28.7 Å². The van der Waals surface area contributed by atoms with Crippen molar-refractivity contribution in [3.05, 3.63) is 47.4 Å². The molecule has 0 spiro atoms. The minimum absolute atomic E-state index is 0.292. The molecule has 0 unspecified atom stereocenters. The highest BCUT2D eigenvalue weighted by Gasteiger charge is 2.11. The van der Waals surface area contributed by atoms with E-state index in [1.165, 1.54) is 0 Å². The third-order valence-corrected chi connectivity index (χ3v) is 3.47. The van der Waals surface area contributed by atoms with E-state index in [2.05, 4.69) is 23.8 Å². The molecule has 0 aliphatic rings. The Kier molecular flexibility index (Phi) is 4.53. The van der Waals surface area contributed by atoms with Crippen LogP contribution in [0, 0.1) is 6.92 Å². The molecule has 2 aromatic rings. The minimum atomic E-state index is 0.292. The van der Waals surface area contributed by atoms with Crippen molar-refractivity contribution in [1.82, 2.24) is 9.97 Å². The maximum absolute atomic E-state index is 5.70. The van der Waals surface area contributed by atoms with Crippen molar-refractivity contribution in [2.75, 3.05) is 11.9 Å². The molecular formula is C16H20N4S. The zero-order chi connectivity index (χ0) is 15.6. The molecule has 0 bridgehead atoms. The molecule has 4 nitrogen and oxygen atoms in total. The fourth-order valence-electron chi connectivity index (χ4n) is 2.00. The van der Waals surface area contributed by atoms with Gasteiger partial charge in [0.05, 0.1) is 0 Å². The maximum Gasteiger partial charge on any atom is 0.136 e. The lowest BCUT2D eigenvalue weighted by Crippen LogP contribution is -2.15. The van der Waals surface area contributed by atoms with Crippen LogP contribution < -0.4 is 10.6 Å². The molecule has 0 atom stereocenters. The quantitative estimate of drug-likeness (QED) is 0.878. The number of hydrogen-bond acceptors (Lipinski definition) is 4. The summed E-state index contributed by atoms with van der Waals surface area (Å²) in [5.41, 5.74) is 8.50. The van der Waals surface area contributed by atoms with Crippen LogP contribution in [0.2, 0.25) is 0 Å². The first kappa shape index (κ1) is 15.4. The SMILES string of the molecule is Cc1cc(N(C)c2cccc(C(N)=S)c2)nc(C(C)C)n1. The van der Waals surface area contributed by atoms with Gasteiger partial charge >= 0.3 is 0 Å². The van der Waals surface area contributed by atoms with Crippen molar-refractivity contribution in [1.29, 1.82) is 0 Å². The highest BCUT2D eigenvalue weighted by Crippen LogP contribution is 2.24. The minimum Gasteiger partial charge on any atom is -0.389 e. The fraction of sp³-hybridized carbons (Fsp3) is 0.312.